The Morgan fingerprint density at radius 3 is 1.45 bits per heavy atom. The molecule has 2 aromatic rings. The van der Waals surface area contributed by atoms with Gasteiger partial charge in [-0.15, -0.1) is 0 Å². The minimum atomic E-state index is -1.68. The van der Waals surface area contributed by atoms with Crippen molar-refractivity contribution in [3.8, 4) is 0 Å². The van der Waals surface area contributed by atoms with Crippen LogP contribution in [0.4, 0.5) is 0 Å². The van der Waals surface area contributed by atoms with Gasteiger partial charge in [0, 0.05) is 22.8 Å². The number of carbonyl (C=O) groups excluding carboxylic acids is 2. The lowest BCUT2D eigenvalue weighted by atomic mass is 10.1. The first-order chi connectivity index (χ1) is 10.6. The number of rotatable bonds is 6. The molecule has 0 atom stereocenters. The van der Waals surface area contributed by atoms with E-state index < -0.39 is 9.98 Å². The molecule has 0 aromatic heterocycles. The molecule has 112 valence electrons. The Labute approximate surface area is 131 Å². The van der Waals surface area contributed by atoms with Gasteiger partial charge in [-0.3, -0.25) is 9.59 Å². The second kappa shape index (κ2) is 8.10. The van der Waals surface area contributed by atoms with Crippen LogP contribution in [-0.2, 0) is 32.4 Å². The first kappa shape index (κ1) is 15.9. The molecule has 3 nitrogen and oxygen atoms in total. The van der Waals surface area contributed by atoms with E-state index in [1.54, 1.807) is 0 Å². The lowest BCUT2D eigenvalue weighted by molar-refractivity contribution is -0.112. The van der Waals surface area contributed by atoms with Crippen molar-refractivity contribution >= 4 is 32.3 Å². The average Bonchev–Trinajstić information content (AvgIpc) is 2.48. The molecule has 0 aliphatic heterocycles. The zero-order chi connectivity index (χ0) is 15.8. The van der Waals surface area contributed by atoms with Crippen molar-refractivity contribution in [1.82, 2.24) is 0 Å². The normalized spacial score (nSPS) is 9.82. The highest BCUT2D eigenvalue weighted by Gasteiger charge is 2.01. The van der Waals surface area contributed by atoms with E-state index in [1.807, 2.05) is 60.7 Å². The lowest BCUT2D eigenvalue weighted by Crippen LogP contribution is -2.08. The van der Waals surface area contributed by atoms with Crippen LogP contribution in [0.25, 0.3) is 0 Å². The smallest absolute Gasteiger partial charge is 0.172 e. The van der Waals surface area contributed by atoms with Gasteiger partial charge < -0.3 is 0 Å². The van der Waals surface area contributed by atoms with E-state index in [9.17, 15) is 13.8 Å². The molecule has 4 heteroatoms. The fourth-order valence-electron chi connectivity index (χ4n) is 1.97. The van der Waals surface area contributed by atoms with Crippen molar-refractivity contribution < 1.29 is 13.8 Å². The fraction of sp³-hybridized carbons (Fsp3) is 0.111. The number of benzene rings is 2. The third-order valence-corrected chi connectivity index (χ3v) is 3.93. The fourth-order valence-corrected chi connectivity index (χ4v) is 2.72. The summed E-state index contributed by atoms with van der Waals surface area (Å²) in [6.45, 7) is 0. The summed E-state index contributed by atoms with van der Waals surface area (Å²) in [6.07, 6.45) is 0.376. The van der Waals surface area contributed by atoms with Gasteiger partial charge in [-0.1, -0.05) is 60.7 Å². The predicted molar refractivity (Wildman–Crippen MR) is 90.6 cm³/mol. The SMILES string of the molecule is O=C(C=S(=O)=CC(=O)Cc1ccccc1)Cc1ccccc1. The highest BCUT2D eigenvalue weighted by atomic mass is 32.1. The topological polar surface area (TPSA) is 51.2 Å². The van der Waals surface area contributed by atoms with Crippen LogP contribution in [0.1, 0.15) is 11.1 Å². The minimum absolute atomic E-state index is 0.188. The van der Waals surface area contributed by atoms with Crippen molar-refractivity contribution in [2.75, 3.05) is 0 Å². The summed E-state index contributed by atoms with van der Waals surface area (Å²) >= 11 is 0. The predicted octanol–water partition coefficient (Wildman–Crippen LogP) is 1.96. The summed E-state index contributed by atoms with van der Waals surface area (Å²) in [4.78, 5) is 23.6. The summed E-state index contributed by atoms with van der Waals surface area (Å²) in [7, 11) is -1.68. The molecular formula is C18H16O3S. The minimum Gasteiger partial charge on any atom is -0.294 e. The number of hydrogen-bond acceptors (Lipinski definition) is 3. The molecule has 0 aliphatic carbocycles. The van der Waals surface area contributed by atoms with Gasteiger partial charge >= 0.3 is 0 Å². The number of ketones is 2. The van der Waals surface area contributed by atoms with Crippen molar-refractivity contribution in [3.05, 3.63) is 71.8 Å². The molecule has 0 aliphatic rings. The Morgan fingerprint density at radius 1 is 0.727 bits per heavy atom. The van der Waals surface area contributed by atoms with Gasteiger partial charge in [0.2, 0.25) is 0 Å². The van der Waals surface area contributed by atoms with Crippen molar-refractivity contribution in [1.29, 1.82) is 0 Å². The first-order valence-corrected chi connectivity index (χ1v) is 8.14. The summed E-state index contributed by atoms with van der Waals surface area (Å²) in [5.41, 5.74) is 1.72. The van der Waals surface area contributed by atoms with Gasteiger partial charge in [0.05, 0.1) is 10.7 Å². The van der Waals surface area contributed by atoms with Crippen LogP contribution in [-0.4, -0.2) is 26.5 Å². The van der Waals surface area contributed by atoms with Gasteiger partial charge in [-0.05, 0) is 11.1 Å². The van der Waals surface area contributed by atoms with E-state index >= 15 is 0 Å². The van der Waals surface area contributed by atoms with E-state index in [1.165, 1.54) is 0 Å². The van der Waals surface area contributed by atoms with Crippen LogP contribution in [0.5, 0.6) is 0 Å². The molecule has 0 radical (unpaired) electrons. The van der Waals surface area contributed by atoms with E-state index in [-0.39, 0.29) is 24.4 Å². The van der Waals surface area contributed by atoms with Gasteiger partial charge in [0.1, 0.15) is 0 Å². The van der Waals surface area contributed by atoms with Crippen LogP contribution < -0.4 is 0 Å². The summed E-state index contributed by atoms with van der Waals surface area (Å²) in [5, 5.41) is 2.19. The monoisotopic (exact) mass is 312 g/mol. The Bertz CT molecular complexity index is 725. The summed E-state index contributed by atoms with van der Waals surface area (Å²) in [6, 6.07) is 18.4. The van der Waals surface area contributed by atoms with E-state index in [4.69, 9.17) is 0 Å². The van der Waals surface area contributed by atoms with Gasteiger partial charge in [-0.2, -0.15) is 0 Å². The maximum atomic E-state index is 11.8. The Morgan fingerprint density at radius 2 is 1.09 bits per heavy atom. The molecule has 0 fully saturated rings. The molecular weight excluding hydrogens is 296 g/mol. The van der Waals surface area contributed by atoms with Gasteiger partial charge in [-0.25, -0.2) is 4.21 Å². The summed E-state index contributed by atoms with van der Waals surface area (Å²) in [5.74, 6) is -0.512. The van der Waals surface area contributed by atoms with Crippen LogP contribution in [0.2, 0.25) is 0 Å². The van der Waals surface area contributed by atoms with Crippen LogP contribution in [0.3, 0.4) is 0 Å². The standard InChI is InChI=1S/C18H16O3S/c19-17(11-15-7-3-1-4-8-15)13-22(21)14-18(20)12-16-9-5-2-6-10-16/h1-10,13-14H,11-12H2. The largest absolute Gasteiger partial charge is 0.294 e. The van der Waals surface area contributed by atoms with E-state index in [2.05, 4.69) is 0 Å². The Hall–Kier alpha value is -2.46. The second-order valence-electron chi connectivity index (χ2n) is 4.82. The number of carbonyl (C=O) groups is 2. The maximum absolute atomic E-state index is 11.8. The van der Waals surface area contributed by atoms with Crippen molar-refractivity contribution in [3.63, 3.8) is 0 Å². The molecule has 0 saturated heterocycles. The third-order valence-electron chi connectivity index (χ3n) is 2.94. The summed E-state index contributed by atoms with van der Waals surface area (Å²) < 4.78 is 11.8. The Kier molecular flexibility index (Phi) is 5.86. The molecule has 0 spiro atoms. The molecule has 0 amide bonds. The first-order valence-electron chi connectivity index (χ1n) is 6.86. The molecule has 2 rings (SSSR count). The molecule has 0 bridgehead atoms. The zero-order valence-corrected chi connectivity index (χ0v) is 12.8. The molecule has 0 heterocycles. The molecule has 0 unspecified atom stereocenters. The van der Waals surface area contributed by atoms with Crippen LogP contribution >= 0.6 is 0 Å². The average molecular weight is 312 g/mol. The zero-order valence-electron chi connectivity index (χ0n) is 12.0. The van der Waals surface area contributed by atoms with Crippen LogP contribution in [0.15, 0.2) is 60.7 Å². The van der Waals surface area contributed by atoms with Crippen molar-refractivity contribution in [2.24, 2.45) is 0 Å². The lowest BCUT2D eigenvalue weighted by Gasteiger charge is -1.95. The molecule has 0 N–H and O–H groups in total. The molecule has 0 saturated carbocycles. The number of hydrogen-bond donors (Lipinski definition) is 0. The quantitative estimate of drug-likeness (QED) is 0.766. The maximum Gasteiger partial charge on any atom is 0.172 e. The van der Waals surface area contributed by atoms with Crippen LogP contribution in [0, 0.1) is 0 Å². The second-order valence-corrected chi connectivity index (χ2v) is 5.95. The van der Waals surface area contributed by atoms with Gasteiger partial charge in [0.25, 0.3) is 0 Å². The number of Topliss-reactive ketones (excluding diaryl/α,β-unsaturated/α-hetero) is 2. The Balaban J connectivity index is 2.00. The molecule has 2 aromatic carbocycles. The van der Waals surface area contributed by atoms with Gasteiger partial charge in [0.15, 0.2) is 11.6 Å². The van der Waals surface area contributed by atoms with E-state index in [0.717, 1.165) is 21.9 Å². The highest BCUT2D eigenvalue weighted by Crippen LogP contribution is 2.00. The van der Waals surface area contributed by atoms with Crippen molar-refractivity contribution in [2.45, 2.75) is 12.8 Å². The molecule has 22 heavy (non-hydrogen) atoms. The van der Waals surface area contributed by atoms with E-state index in [0.29, 0.717) is 0 Å². The highest BCUT2D eigenvalue weighted by molar-refractivity contribution is 7.85. The third kappa shape index (κ3) is 5.50.